The lowest BCUT2D eigenvalue weighted by atomic mass is 10.1. The Labute approximate surface area is 89.4 Å². The summed E-state index contributed by atoms with van der Waals surface area (Å²) in [5, 5.41) is 21.2. The highest BCUT2D eigenvalue weighted by Gasteiger charge is 2.30. The van der Waals surface area contributed by atoms with Crippen LogP contribution in [0.2, 0.25) is 0 Å². The molecule has 15 heavy (non-hydrogen) atoms. The fraction of sp³-hybridized carbons (Fsp3) is 0.900. The highest BCUT2D eigenvalue weighted by Crippen LogP contribution is 2.19. The van der Waals surface area contributed by atoms with Crippen molar-refractivity contribution >= 4 is 5.97 Å². The average Bonchev–Trinajstić information content (AvgIpc) is 2.50. The van der Waals surface area contributed by atoms with Gasteiger partial charge >= 0.3 is 5.97 Å². The van der Waals surface area contributed by atoms with Crippen LogP contribution in [0.15, 0.2) is 0 Å². The maximum Gasteiger partial charge on any atom is 0.332 e. The number of carboxylic acids is 1. The molecule has 0 amide bonds. The Hall–Kier alpha value is -0.650. The van der Waals surface area contributed by atoms with Crippen LogP contribution in [0.25, 0.3) is 0 Å². The molecule has 3 N–H and O–H groups in total. The third kappa shape index (κ3) is 4.59. The van der Waals surface area contributed by atoms with E-state index in [-0.39, 0.29) is 6.10 Å². The van der Waals surface area contributed by atoms with Crippen molar-refractivity contribution in [2.24, 2.45) is 0 Å². The summed E-state index contributed by atoms with van der Waals surface area (Å²) in [6.45, 7) is 4.50. The van der Waals surface area contributed by atoms with Crippen LogP contribution >= 0.6 is 0 Å². The second kappa shape index (κ2) is 4.92. The lowest BCUT2D eigenvalue weighted by Gasteiger charge is -2.19. The minimum atomic E-state index is -0.889. The van der Waals surface area contributed by atoms with E-state index in [4.69, 9.17) is 9.84 Å². The Morgan fingerprint density at radius 1 is 1.53 bits per heavy atom. The standard InChI is InChI=1S/C10H19NO4/c1-10(2,14)6-11-5-7-3-4-8(15-7)9(12)13/h7-8,11,14H,3-6H2,1-2H3,(H,12,13). The summed E-state index contributed by atoms with van der Waals surface area (Å²) < 4.78 is 5.29. The first-order chi connectivity index (χ1) is 6.88. The van der Waals surface area contributed by atoms with E-state index in [1.54, 1.807) is 13.8 Å². The molecule has 0 spiro atoms. The molecule has 0 radical (unpaired) electrons. The number of hydrogen-bond donors (Lipinski definition) is 3. The molecular weight excluding hydrogens is 198 g/mol. The van der Waals surface area contributed by atoms with Gasteiger partial charge in [0, 0.05) is 13.1 Å². The summed E-state index contributed by atoms with van der Waals surface area (Å²) in [4.78, 5) is 10.6. The molecule has 5 nitrogen and oxygen atoms in total. The highest BCUT2D eigenvalue weighted by atomic mass is 16.5. The van der Waals surface area contributed by atoms with Gasteiger partial charge in [-0.05, 0) is 26.7 Å². The fourth-order valence-electron chi connectivity index (χ4n) is 1.58. The summed E-state index contributed by atoms with van der Waals surface area (Å²) in [6, 6.07) is 0. The van der Waals surface area contributed by atoms with Crippen molar-refractivity contribution in [3.05, 3.63) is 0 Å². The molecule has 0 saturated carbocycles. The van der Waals surface area contributed by atoms with E-state index in [1.807, 2.05) is 0 Å². The van der Waals surface area contributed by atoms with Gasteiger partial charge in [-0.1, -0.05) is 0 Å². The topological polar surface area (TPSA) is 78.8 Å². The first kappa shape index (κ1) is 12.4. The van der Waals surface area contributed by atoms with Gasteiger partial charge in [0.2, 0.25) is 0 Å². The van der Waals surface area contributed by atoms with Crippen LogP contribution in [-0.4, -0.2) is 47.1 Å². The maximum atomic E-state index is 10.6. The molecule has 0 aromatic rings. The van der Waals surface area contributed by atoms with Crippen LogP contribution in [0.5, 0.6) is 0 Å². The number of carbonyl (C=O) groups is 1. The zero-order valence-corrected chi connectivity index (χ0v) is 9.19. The van der Waals surface area contributed by atoms with Gasteiger partial charge in [0.1, 0.15) is 0 Å². The van der Waals surface area contributed by atoms with Crippen molar-refractivity contribution in [1.29, 1.82) is 0 Å². The predicted octanol–water partition coefficient (Wildman–Crippen LogP) is -0.0209. The van der Waals surface area contributed by atoms with E-state index in [0.717, 1.165) is 6.42 Å². The average molecular weight is 217 g/mol. The van der Waals surface area contributed by atoms with Gasteiger partial charge in [0.05, 0.1) is 11.7 Å². The molecular formula is C10H19NO4. The van der Waals surface area contributed by atoms with E-state index in [1.165, 1.54) is 0 Å². The summed E-state index contributed by atoms with van der Waals surface area (Å²) in [5.41, 5.74) is -0.745. The number of ether oxygens (including phenoxy) is 1. The molecule has 1 fully saturated rings. The van der Waals surface area contributed by atoms with Gasteiger partial charge in [-0.2, -0.15) is 0 Å². The van der Waals surface area contributed by atoms with Crippen molar-refractivity contribution in [2.75, 3.05) is 13.1 Å². The third-order valence-corrected chi connectivity index (χ3v) is 2.31. The largest absolute Gasteiger partial charge is 0.479 e. The van der Waals surface area contributed by atoms with Crippen LogP contribution in [0.1, 0.15) is 26.7 Å². The van der Waals surface area contributed by atoms with Gasteiger partial charge in [-0.3, -0.25) is 0 Å². The Bertz CT molecular complexity index is 224. The van der Waals surface area contributed by atoms with E-state index in [0.29, 0.717) is 19.5 Å². The van der Waals surface area contributed by atoms with Crippen molar-refractivity contribution in [2.45, 2.75) is 44.5 Å². The normalized spacial score (nSPS) is 26.9. The van der Waals surface area contributed by atoms with Gasteiger partial charge in [-0.25, -0.2) is 4.79 Å². The Morgan fingerprint density at radius 2 is 2.20 bits per heavy atom. The lowest BCUT2D eigenvalue weighted by Crippen LogP contribution is -2.38. The van der Waals surface area contributed by atoms with Crippen molar-refractivity contribution in [3.63, 3.8) is 0 Å². The van der Waals surface area contributed by atoms with Crippen molar-refractivity contribution < 1.29 is 19.7 Å². The monoisotopic (exact) mass is 217 g/mol. The quantitative estimate of drug-likeness (QED) is 0.603. The molecule has 0 aliphatic carbocycles. The summed E-state index contributed by atoms with van der Waals surface area (Å²) in [5.74, 6) is -0.889. The molecule has 1 aliphatic heterocycles. The highest BCUT2D eigenvalue weighted by molar-refractivity contribution is 5.72. The van der Waals surface area contributed by atoms with Crippen LogP contribution in [0.3, 0.4) is 0 Å². The molecule has 1 saturated heterocycles. The summed E-state index contributed by atoms with van der Waals surface area (Å²) in [6.07, 6.45) is 0.632. The number of carboxylic acid groups (broad SMARTS) is 1. The van der Waals surface area contributed by atoms with Crippen LogP contribution in [0.4, 0.5) is 0 Å². The number of aliphatic hydroxyl groups is 1. The Kier molecular flexibility index (Phi) is 4.07. The van der Waals surface area contributed by atoms with Gasteiger partial charge in [-0.15, -0.1) is 0 Å². The molecule has 5 heteroatoms. The Morgan fingerprint density at radius 3 is 2.67 bits per heavy atom. The zero-order chi connectivity index (χ0) is 11.5. The van der Waals surface area contributed by atoms with Gasteiger partial charge in [0.15, 0.2) is 6.10 Å². The molecule has 2 unspecified atom stereocenters. The number of aliphatic carboxylic acids is 1. The Balaban J connectivity index is 2.17. The summed E-state index contributed by atoms with van der Waals surface area (Å²) >= 11 is 0. The maximum absolute atomic E-state index is 10.6. The van der Waals surface area contributed by atoms with Crippen LogP contribution in [-0.2, 0) is 9.53 Å². The van der Waals surface area contributed by atoms with E-state index in [2.05, 4.69) is 5.32 Å². The van der Waals surface area contributed by atoms with E-state index < -0.39 is 17.7 Å². The minimum Gasteiger partial charge on any atom is -0.479 e. The van der Waals surface area contributed by atoms with Crippen LogP contribution in [0, 0.1) is 0 Å². The zero-order valence-electron chi connectivity index (χ0n) is 9.19. The smallest absolute Gasteiger partial charge is 0.332 e. The fourth-order valence-corrected chi connectivity index (χ4v) is 1.58. The SMILES string of the molecule is CC(C)(O)CNCC1CCC(C(=O)O)O1. The molecule has 0 bridgehead atoms. The molecule has 1 rings (SSSR count). The predicted molar refractivity (Wildman–Crippen MR) is 54.7 cm³/mol. The van der Waals surface area contributed by atoms with Crippen molar-refractivity contribution in [1.82, 2.24) is 5.32 Å². The first-order valence-electron chi connectivity index (χ1n) is 5.20. The molecule has 1 heterocycles. The number of nitrogens with one attached hydrogen (secondary N) is 1. The molecule has 1 aliphatic rings. The first-order valence-corrected chi connectivity index (χ1v) is 5.20. The summed E-state index contributed by atoms with van der Waals surface area (Å²) in [7, 11) is 0. The molecule has 88 valence electrons. The number of rotatable bonds is 5. The third-order valence-electron chi connectivity index (χ3n) is 2.31. The van der Waals surface area contributed by atoms with E-state index in [9.17, 15) is 9.90 Å². The second-order valence-corrected chi connectivity index (χ2v) is 4.61. The van der Waals surface area contributed by atoms with Gasteiger partial charge in [0.25, 0.3) is 0 Å². The lowest BCUT2D eigenvalue weighted by molar-refractivity contribution is -0.149. The second-order valence-electron chi connectivity index (χ2n) is 4.61. The van der Waals surface area contributed by atoms with Gasteiger partial charge < -0.3 is 20.3 Å². The van der Waals surface area contributed by atoms with E-state index >= 15 is 0 Å². The van der Waals surface area contributed by atoms with Crippen molar-refractivity contribution in [3.8, 4) is 0 Å². The molecule has 2 atom stereocenters. The molecule has 0 aromatic heterocycles. The van der Waals surface area contributed by atoms with Crippen LogP contribution < -0.4 is 5.32 Å². The minimum absolute atomic E-state index is 0.0477. The number of hydrogen-bond acceptors (Lipinski definition) is 4. The molecule has 0 aromatic carbocycles.